The maximum absolute atomic E-state index is 14.2. The van der Waals surface area contributed by atoms with Crippen molar-refractivity contribution in [1.82, 2.24) is 10.2 Å². The van der Waals surface area contributed by atoms with Crippen molar-refractivity contribution >= 4 is 50.7 Å². The number of halogens is 2. The summed E-state index contributed by atoms with van der Waals surface area (Å²) in [6.07, 6.45) is 0.293. The van der Waals surface area contributed by atoms with Gasteiger partial charge in [0.15, 0.2) is 0 Å². The van der Waals surface area contributed by atoms with Gasteiger partial charge in [-0.3, -0.25) is 13.9 Å². The lowest BCUT2D eigenvalue weighted by Crippen LogP contribution is -2.55. The highest BCUT2D eigenvalue weighted by atomic mass is 35.5. The zero-order chi connectivity index (χ0) is 30.4. The number of sulfonamides is 1. The average molecular weight is 621 g/mol. The molecule has 0 radical (unpaired) electrons. The van der Waals surface area contributed by atoms with Gasteiger partial charge >= 0.3 is 0 Å². The van der Waals surface area contributed by atoms with Crippen molar-refractivity contribution in [3.63, 3.8) is 0 Å². The SMILES string of the molecule is CC[C@H](C(=O)NC(C)(C)C)N(Cc1cccc(OC)c1)C(=O)CN(c1cccc(Cl)c1Cl)S(=O)(=O)c1ccccc1. The normalized spacial score (nSPS) is 12.4. The third-order valence-corrected chi connectivity index (χ3v) is 8.76. The first-order valence-electron chi connectivity index (χ1n) is 13.0. The number of benzene rings is 3. The van der Waals surface area contributed by atoms with Crippen molar-refractivity contribution in [1.29, 1.82) is 0 Å². The number of amides is 2. The lowest BCUT2D eigenvalue weighted by atomic mass is 10.1. The van der Waals surface area contributed by atoms with Gasteiger partial charge in [0, 0.05) is 12.1 Å². The van der Waals surface area contributed by atoms with Gasteiger partial charge in [-0.2, -0.15) is 0 Å². The third kappa shape index (κ3) is 8.15. The van der Waals surface area contributed by atoms with Crippen molar-refractivity contribution in [2.75, 3.05) is 18.0 Å². The summed E-state index contributed by atoms with van der Waals surface area (Å²) < 4.78 is 34.1. The zero-order valence-corrected chi connectivity index (χ0v) is 26.1. The van der Waals surface area contributed by atoms with Crippen LogP contribution in [-0.4, -0.2) is 50.4 Å². The molecule has 0 fully saturated rings. The summed E-state index contributed by atoms with van der Waals surface area (Å²) in [6, 6.07) is 18.6. The van der Waals surface area contributed by atoms with E-state index >= 15 is 0 Å². The van der Waals surface area contributed by atoms with Gasteiger partial charge in [-0.1, -0.05) is 66.5 Å². The molecule has 0 bridgehead atoms. The van der Waals surface area contributed by atoms with Crippen molar-refractivity contribution in [3.8, 4) is 5.75 Å². The molecular formula is C30H35Cl2N3O5S. The highest BCUT2D eigenvalue weighted by molar-refractivity contribution is 7.92. The Bertz CT molecular complexity index is 1480. The summed E-state index contributed by atoms with van der Waals surface area (Å²) in [5.74, 6) is -0.366. The van der Waals surface area contributed by atoms with Crippen molar-refractivity contribution in [2.45, 2.75) is 57.1 Å². The quantitative estimate of drug-likeness (QED) is 0.287. The molecule has 8 nitrogen and oxygen atoms in total. The fourth-order valence-electron chi connectivity index (χ4n) is 4.26. The van der Waals surface area contributed by atoms with Gasteiger partial charge in [0.25, 0.3) is 10.0 Å². The van der Waals surface area contributed by atoms with E-state index in [9.17, 15) is 18.0 Å². The third-order valence-electron chi connectivity index (χ3n) is 6.18. The predicted molar refractivity (Wildman–Crippen MR) is 163 cm³/mol. The first-order valence-corrected chi connectivity index (χ1v) is 15.2. The van der Waals surface area contributed by atoms with Crippen LogP contribution in [0.2, 0.25) is 10.0 Å². The molecule has 0 saturated heterocycles. The number of carbonyl (C=O) groups excluding carboxylic acids is 2. The Labute approximate surface area is 252 Å². The Kier molecular flexibility index (Phi) is 10.7. The molecular weight excluding hydrogens is 585 g/mol. The van der Waals surface area contributed by atoms with Crippen molar-refractivity contribution < 1.29 is 22.7 Å². The van der Waals surface area contributed by atoms with Gasteiger partial charge in [-0.05, 0) is 69.2 Å². The summed E-state index contributed by atoms with van der Waals surface area (Å²) in [5, 5.41) is 3.06. The van der Waals surface area contributed by atoms with Crippen LogP contribution in [0, 0.1) is 0 Å². The van der Waals surface area contributed by atoms with Crippen LogP contribution in [0.1, 0.15) is 39.7 Å². The molecule has 3 aromatic rings. The summed E-state index contributed by atoms with van der Waals surface area (Å²) in [7, 11) is -2.73. The zero-order valence-electron chi connectivity index (χ0n) is 23.7. The maximum atomic E-state index is 14.2. The molecule has 3 rings (SSSR count). The summed E-state index contributed by atoms with van der Waals surface area (Å²) >= 11 is 12.7. The van der Waals surface area contributed by atoms with Crippen LogP contribution in [0.5, 0.6) is 5.75 Å². The lowest BCUT2D eigenvalue weighted by Gasteiger charge is -2.35. The minimum absolute atomic E-state index is 0.0154. The molecule has 0 spiro atoms. The maximum Gasteiger partial charge on any atom is 0.264 e. The molecule has 220 valence electrons. The molecule has 0 aliphatic rings. The smallest absolute Gasteiger partial charge is 0.264 e. The van der Waals surface area contributed by atoms with E-state index in [2.05, 4.69) is 5.32 Å². The van der Waals surface area contributed by atoms with Crippen LogP contribution >= 0.6 is 23.2 Å². The van der Waals surface area contributed by atoms with Crippen LogP contribution in [0.3, 0.4) is 0 Å². The number of methoxy groups -OCH3 is 1. The molecule has 3 aromatic carbocycles. The Morgan fingerprint density at radius 3 is 2.24 bits per heavy atom. The number of rotatable bonds is 11. The van der Waals surface area contributed by atoms with Crippen LogP contribution in [0.4, 0.5) is 5.69 Å². The van der Waals surface area contributed by atoms with E-state index < -0.39 is 34.1 Å². The first-order chi connectivity index (χ1) is 19.3. The summed E-state index contributed by atoms with van der Waals surface area (Å²) in [6.45, 7) is 6.75. The Balaban J connectivity index is 2.11. The van der Waals surface area contributed by atoms with Gasteiger partial charge in [-0.15, -0.1) is 0 Å². The number of carbonyl (C=O) groups is 2. The van der Waals surface area contributed by atoms with Crippen molar-refractivity contribution in [3.05, 3.63) is 88.4 Å². The largest absolute Gasteiger partial charge is 0.497 e. The Hall–Kier alpha value is -3.27. The van der Waals surface area contributed by atoms with E-state index in [-0.39, 0.29) is 33.1 Å². The van der Waals surface area contributed by atoms with E-state index in [0.29, 0.717) is 17.7 Å². The molecule has 41 heavy (non-hydrogen) atoms. The highest BCUT2D eigenvalue weighted by Gasteiger charge is 2.35. The number of nitrogens with zero attached hydrogens (tertiary/aromatic N) is 2. The molecule has 0 heterocycles. The number of hydrogen-bond donors (Lipinski definition) is 1. The van der Waals surface area contributed by atoms with Gasteiger partial charge in [0.05, 0.1) is 27.7 Å². The molecule has 0 aromatic heterocycles. The molecule has 11 heteroatoms. The summed E-state index contributed by atoms with van der Waals surface area (Å²) in [4.78, 5) is 28.9. The van der Waals surface area contributed by atoms with Gasteiger partial charge in [0.1, 0.15) is 18.3 Å². The standard InChI is InChI=1S/C30H35Cl2N3O5S/c1-6-25(29(37)33-30(2,3)4)34(19-21-12-10-13-22(18-21)40-5)27(36)20-35(26-17-11-16-24(31)28(26)32)41(38,39)23-14-8-7-9-15-23/h7-18,25H,6,19-20H2,1-5H3,(H,33,37)/t25-/m1/s1. The first kappa shape index (κ1) is 32.2. The second kappa shape index (κ2) is 13.6. The Morgan fingerprint density at radius 1 is 0.976 bits per heavy atom. The van der Waals surface area contributed by atoms with E-state index in [4.69, 9.17) is 27.9 Å². The van der Waals surface area contributed by atoms with E-state index in [0.717, 1.165) is 4.31 Å². The molecule has 0 aliphatic heterocycles. The minimum atomic E-state index is -4.26. The number of hydrogen-bond acceptors (Lipinski definition) is 5. The van der Waals surface area contributed by atoms with E-state index in [1.807, 2.05) is 26.8 Å². The lowest BCUT2D eigenvalue weighted by molar-refractivity contribution is -0.141. The van der Waals surface area contributed by atoms with Gasteiger partial charge < -0.3 is 15.0 Å². The predicted octanol–water partition coefficient (Wildman–Crippen LogP) is 5.92. The highest BCUT2D eigenvalue weighted by Crippen LogP contribution is 2.35. The molecule has 0 aliphatic carbocycles. The Morgan fingerprint density at radius 2 is 1.63 bits per heavy atom. The average Bonchev–Trinajstić information content (AvgIpc) is 2.92. The second-order valence-corrected chi connectivity index (χ2v) is 13.1. The fourth-order valence-corrected chi connectivity index (χ4v) is 6.15. The molecule has 0 saturated carbocycles. The minimum Gasteiger partial charge on any atom is -0.497 e. The van der Waals surface area contributed by atoms with Gasteiger partial charge in [0.2, 0.25) is 11.8 Å². The number of nitrogens with one attached hydrogen (secondary N) is 1. The van der Waals surface area contributed by atoms with Crippen LogP contribution in [0.25, 0.3) is 0 Å². The van der Waals surface area contributed by atoms with E-state index in [1.54, 1.807) is 49.4 Å². The molecule has 1 atom stereocenters. The molecule has 0 unspecified atom stereocenters. The van der Waals surface area contributed by atoms with E-state index in [1.165, 1.54) is 36.3 Å². The molecule has 1 N–H and O–H groups in total. The second-order valence-electron chi connectivity index (χ2n) is 10.4. The number of anilines is 1. The van der Waals surface area contributed by atoms with Crippen molar-refractivity contribution in [2.24, 2.45) is 0 Å². The number of ether oxygens (including phenoxy) is 1. The molecule has 2 amide bonds. The summed E-state index contributed by atoms with van der Waals surface area (Å²) in [5.41, 5.74) is 0.203. The monoisotopic (exact) mass is 619 g/mol. The van der Waals surface area contributed by atoms with Crippen LogP contribution < -0.4 is 14.4 Å². The fraction of sp³-hybridized carbons (Fsp3) is 0.333. The van der Waals surface area contributed by atoms with Gasteiger partial charge in [-0.25, -0.2) is 8.42 Å². The topological polar surface area (TPSA) is 96.0 Å². The van der Waals surface area contributed by atoms with Crippen LogP contribution in [0.15, 0.2) is 77.7 Å². The van der Waals surface area contributed by atoms with Crippen LogP contribution in [-0.2, 0) is 26.2 Å².